The van der Waals surface area contributed by atoms with Gasteiger partial charge < -0.3 is 4.90 Å². The second-order valence-corrected chi connectivity index (χ2v) is 7.54. The number of hydrogen-bond acceptors (Lipinski definition) is 4. The van der Waals surface area contributed by atoms with Crippen LogP contribution >= 0.6 is 0 Å². The molecular weight excluding hydrogens is 298 g/mol. The van der Waals surface area contributed by atoms with Crippen molar-refractivity contribution in [2.24, 2.45) is 5.92 Å². The minimum absolute atomic E-state index is 0.218. The molecule has 1 heterocycles. The Morgan fingerprint density at radius 2 is 1.91 bits per heavy atom. The first kappa shape index (κ1) is 16.9. The first-order chi connectivity index (χ1) is 10.5. The van der Waals surface area contributed by atoms with E-state index in [2.05, 4.69) is 16.5 Å². The highest BCUT2D eigenvalue weighted by atomic mass is 32.2. The van der Waals surface area contributed by atoms with Gasteiger partial charge in [-0.3, -0.25) is 0 Å². The standard InChI is InChI=1S/C16H23N3O2S/c1-2-9-19-10-7-15(8-11-19)13-18-22(20,21)16-5-3-14(12-17)4-6-16/h3-6,15,18H,2,7-11,13H2,1H3. The number of nitrogens with one attached hydrogen (secondary N) is 1. The molecular formula is C16H23N3O2S. The fraction of sp³-hybridized carbons (Fsp3) is 0.562. The molecule has 6 heteroatoms. The molecule has 120 valence electrons. The lowest BCUT2D eigenvalue weighted by Gasteiger charge is -2.31. The maximum atomic E-state index is 12.2. The molecule has 1 aliphatic rings. The molecule has 1 aliphatic heterocycles. The van der Waals surface area contributed by atoms with Crippen LogP contribution in [-0.4, -0.2) is 39.5 Å². The average molecular weight is 321 g/mol. The Morgan fingerprint density at radius 3 is 2.45 bits per heavy atom. The summed E-state index contributed by atoms with van der Waals surface area (Å²) in [5.74, 6) is 0.404. The minimum Gasteiger partial charge on any atom is -0.303 e. The maximum absolute atomic E-state index is 12.2. The van der Waals surface area contributed by atoms with Crippen molar-refractivity contribution in [1.82, 2.24) is 9.62 Å². The van der Waals surface area contributed by atoms with Crippen molar-refractivity contribution in [1.29, 1.82) is 5.26 Å². The lowest BCUT2D eigenvalue weighted by Crippen LogP contribution is -2.38. The molecule has 0 saturated carbocycles. The zero-order chi connectivity index (χ0) is 16.0. The number of rotatable bonds is 6. The zero-order valence-electron chi connectivity index (χ0n) is 13.0. The second-order valence-electron chi connectivity index (χ2n) is 5.77. The summed E-state index contributed by atoms with van der Waals surface area (Å²) >= 11 is 0. The van der Waals surface area contributed by atoms with Gasteiger partial charge in [0.15, 0.2) is 0 Å². The zero-order valence-corrected chi connectivity index (χ0v) is 13.8. The third-order valence-corrected chi connectivity index (χ3v) is 5.54. The first-order valence-corrected chi connectivity index (χ1v) is 9.25. The van der Waals surface area contributed by atoms with E-state index in [1.807, 2.05) is 6.07 Å². The Labute approximate surface area is 133 Å². The summed E-state index contributed by atoms with van der Waals surface area (Å²) in [6, 6.07) is 7.99. The van der Waals surface area contributed by atoms with E-state index in [0.717, 1.165) is 38.9 Å². The van der Waals surface area contributed by atoms with Crippen LogP contribution in [0.15, 0.2) is 29.2 Å². The second kappa shape index (κ2) is 7.73. The van der Waals surface area contributed by atoms with Crippen LogP contribution in [0.5, 0.6) is 0 Å². The Balaban J connectivity index is 1.86. The van der Waals surface area contributed by atoms with E-state index in [0.29, 0.717) is 18.0 Å². The smallest absolute Gasteiger partial charge is 0.240 e. The predicted octanol–water partition coefficient (Wildman–Crippen LogP) is 1.96. The number of piperidine rings is 1. The molecule has 2 rings (SSSR count). The molecule has 0 unspecified atom stereocenters. The van der Waals surface area contributed by atoms with Crippen molar-refractivity contribution in [2.75, 3.05) is 26.2 Å². The lowest BCUT2D eigenvalue weighted by molar-refractivity contribution is 0.186. The number of likely N-dealkylation sites (tertiary alicyclic amines) is 1. The molecule has 5 nitrogen and oxygen atoms in total. The molecule has 0 spiro atoms. The van der Waals surface area contributed by atoms with E-state index in [-0.39, 0.29) is 4.90 Å². The Hall–Kier alpha value is -1.42. The van der Waals surface area contributed by atoms with E-state index in [1.54, 1.807) is 0 Å². The normalized spacial score (nSPS) is 17.3. The highest BCUT2D eigenvalue weighted by molar-refractivity contribution is 7.89. The monoisotopic (exact) mass is 321 g/mol. The van der Waals surface area contributed by atoms with Crippen LogP contribution in [0.3, 0.4) is 0 Å². The first-order valence-electron chi connectivity index (χ1n) is 7.77. The van der Waals surface area contributed by atoms with Gasteiger partial charge in [0, 0.05) is 6.54 Å². The van der Waals surface area contributed by atoms with Crippen LogP contribution in [0.1, 0.15) is 31.7 Å². The van der Waals surface area contributed by atoms with Gasteiger partial charge in [-0.1, -0.05) is 6.92 Å². The van der Waals surface area contributed by atoms with Crippen LogP contribution in [0.25, 0.3) is 0 Å². The van der Waals surface area contributed by atoms with Crippen molar-refractivity contribution in [3.8, 4) is 6.07 Å². The maximum Gasteiger partial charge on any atom is 0.240 e. The van der Waals surface area contributed by atoms with Crippen LogP contribution in [-0.2, 0) is 10.0 Å². The summed E-state index contributed by atoms with van der Waals surface area (Å²) in [5.41, 5.74) is 0.460. The third-order valence-electron chi connectivity index (χ3n) is 4.10. The molecule has 0 aromatic heterocycles. The van der Waals surface area contributed by atoms with E-state index in [4.69, 9.17) is 5.26 Å². The van der Waals surface area contributed by atoms with Crippen molar-refractivity contribution in [3.63, 3.8) is 0 Å². The molecule has 1 fully saturated rings. The molecule has 0 bridgehead atoms. The van der Waals surface area contributed by atoms with E-state index in [9.17, 15) is 8.42 Å². The summed E-state index contributed by atoms with van der Waals surface area (Å²) in [7, 11) is -3.48. The summed E-state index contributed by atoms with van der Waals surface area (Å²) in [6.45, 7) is 5.90. The number of nitriles is 1. The molecule has 1 aromatic rings. The van der Waals surface area contributed by atoms with Crippen molar-refractivity contribution >= 4 is 10.0 Å². The SMILES string of the molecule is CCCN1CCC(CNS(=O)(=O)c2ccc(C#N)cc2)CC1. The van der Waals surface area contributed by atoms with E-state index in [1.165, 1.54) is 24.3 Å². The molecule has 1 aromatic carbocycles. The van der Waals surface area contributed by atoms with E-state index < -0.39 is 10.0 Å². The largest absolute Gasteiger partial charge is 0.303 e. The van der Waals surface area contributed by atoms with Gasteiger partial charge in [0.25, 0.3) is 0 Å². The topological polar surface area (TPSA) is 73.2 Å². The molecule has 0 radical (unpaired) electrons. The van der Waals surface area contributed by atoms with Gasteiger partial charge in [-0.05, 0) is 69.1 Å². The minimum atomic E-state index is -3.48. The number of nitrogens with zero attached hydrogens (tertiary/aromatic N) is 2. The molecule has 1 N–H and O–H groups in total. The Bertz CT molecular complexity index is 612. The molecule has 1 saturated heterocycles. The van der Waals surface area contributed by atoms with Crippen molar-refractivity contribution in [2.45, 2.75) is 31.1 Å². The quantitative estimate of drug-likeness (QED) is 0.869. The predicted molar refractivity (Wildman–Crippen MR) is 85.8 cm³/mol. The van der Waals surface area contributed by atoms with Gasteiger partial charge in [0.05, 0.1) is 16.5 Å². The van der Waals surface area contributed by atoms with Crippen LogP contribution < -0.4 is 4.72 Å². The number of benzene rings is 1. The number of sulfonamides is 1. The Kier molecular flexibility index (Phi) is 5.95. The van der Waals surface area contributed by atoms with Crippen LogP contribution in [0.4, 0.5) is 0 Å². The summed E-state index contributed by atoms with van der Waals surface area (Å²) in [4.78, 5) is 2.65. The van der Waals surface area contributed by atoms with Gasteiger partial charge in [-0.15, -0.1) is 0 Å². The van der Waals surface area contributed by atoms with Crippen LogP contribution in [0.2, 0.25) is 0 Å². The van der Waals surface area contributed by atoms with Gasteiger partial charge >= 0.3 is 0 Å². The third kappa shape index (κ3) is 4.54. The van der Waals surface area contributed by atoms with Crippen molar-refractivity contribution < 1.29 is 8.42 Å². The van der Waals surface area contributed by atoms with Crippen molar-refractivity contribution in [3.05, 3.63) is 29.8 Å². The highest BCUT2D eigenvalue weighted by Gasteiger charge is 2.21. The van der Waals surface area contributed by atoms with Crippen LogP contribution in [0, 0.1) is 17.2 Å². The van der Waals surface area contributed by atoms with Gasteiger partial charge in [-0.2, -0.15) is 5.26 Å². The molecule has 22 heavy (non-hydrogen) atoms. The summed E-state index contributed by atoms with van der Waals surface area (Å²) < 4.78 is 27.2. The fourth-order valence-corrected chi connectivity index (χ4v) is 3.87. The summed E-state index contributed by atoms with van der Waals surface area (Å²) in [5, 5.41) is 8.75. The number of hydrogen-bond donors (Lipinski definition) is 1. The average Bonchev–Trinajstić information content (AvgIpc) is 2.55. The summed E-state index contributed by atoms with van der Waals surface area (Å²) in [6.07, 6.45) is 3.24. The Morgan fingerprint density at radius 1 is 1.27 bits per heavy atom. The lowest BCUT2D eigenvalue weighted by atomic mass is 9.97. The van der Waals surface area contributed by atoms with Gasteiger partial charge in [0.2, 0.25) is 10.0 Å². The molecule has 0 aliphatic carbocycles. The van der Waals surface area contributed by atoms with Gasteiger partial charge in [-0.25, -0.2) is 13.1 Å². The molecule has 0 atom stereocenters. The van der Waals surface area contributed by atoms with E-state index >= 15 is 0 Å². The highest BCUT2D eigenvalue weighted by Crippen LogP contribution is 2.18. The fourth-order valence-electron chi connectivity index (χ4n) is 2.75. The molecule has 0 amide bonds. The van der Waals surface area contributed by atoms with Gasteiger partial charge in [0.1, 0.15) is 0 Å².